The highest BCUT2D eigenvalue weighted by Crippen LogP contribution is 2.26. The van der Waals surface area contributed by atoms with Gasteiger partial charge in [-0.3, -0.25) is 0 Å². The topological polar surface area (TPSA) is 65.7 Å². The van der Waals surface area contributed by atoms with E-state index in [-0.39, 0.29) is 18.7 Å². The number of urea groups is 1. The third-order valence-corrected chi connectivity index (χ3v) is 4.66. The van der Waals surface area contributed by atoms with E-state index in [0.29, 0.717) is 29.8 Å². The average molecular weight is 337 g/mol. The summed E-state index contributed by atoms with van der Waals surface area (Å²) in [6.45, 7) is 3.46. The van der Waals surface area contributed by atoms with Gasteiger partial charge in [-0.1, -0.05) is 11.6 Å². The first-order valence-corrected chi connectivity index (χ1v) is 8.30. The first kappa shape index (κ1) is 16.1. The number of amides is 2. The van der Waals surface area contributed by atoms with E-state index in [9.17, 15) is 4.79 Å². The van der Waals surface area contributed by atoms with Crippen molar-refractivity contribution < 1.29 is 14.3 Å². The van der Waals surface area contributed by atoms with Gasteiger partial charge in [-0.15, -0.1) is 0 Å². The second kappa shape index (κ2) is 6.81. The predicted octanol–water partition coefficient (Wildman–Crippen LogP) is 3.56. The Balaban J connectivity index is 1.63. The molecule has 5 nitrogen and oxygen atoms in total. The van der Waals surface area contributed by atoms with Crippen LogP contribution in [0.3, 0.4) is 0 Å². The van der Waals surface area contributed by atoms with Crippen LogP contribution in [0.2, 0.25) is 5.02 Å². The van der Waals surface area contributed by atoms with Gasteiger partial charge in [-0.05, 0) is 49.9 Å². The number of hydrogen-bond donors (Lipinski definition) is 2. The van der Waals surface area contributed by atoms with Crippen LogP contribution in [-0.2, 0) is 0 Å². The molecule has 3 rings (SSSR count). The van der Waals surface area contributed by atoms with E-state index in [1.165, 1.54) is 0 Å². The summed E-state index contributed by atoms with van der Waals surface area (Å²) < 4.78 is 5.78. The van der Waals surface area contributed by atoms with Crippen molar-refractivity contribution in [3.63, 3.8) is 0 Å². The van der Waals surface area contributed by atoms with E-state index in [4.69, 9.17) is 21.1 Å². The Morgan fingerprint density at radius 1 is 1.43 bits per heavy atom. The Morgan fingerprint density at radius 3 is 2.87 bits per heavy atom. The standard InChI is InChI=1S/C17H21ClN2O3/c1-11(16-9-13-8-14(18)2-3-15(13)23-16)19-17(22)20-6-4-12(10-21)5-7-20/h2-3,8-9,11-12,21H,4-7,10H2,1H3,(H,19,22). The highest BCUT2D eigenvalue weighted by molar-refractivity contribution is 6.31. The van der Waals surface area contributed by atoms with Crippen molar-refractivity contribution in [3.8, 4) is 0 Å². The van der Waals surface area contributed by atoms with E-state index in [1.807, 2.05) is 25.1 Å². The van der Waals surface area contributed by atoms with E-state index in [2.05, 4.69) is 5.32 Å². The number of carbonyl (C=O) groups excluding carboxylic acids is 1. The minimum atomic E-state index is -0.218. The predicted molar refractivity (Wildman–Crippen MR) is 89.6 cm³/mol. The Bertz CT molecular complexity index is 692. The van der Waals surface area contributed by atoms with Gasteiger partial charge < -0.3 is 19.7 Å². The van der Waals surface area contributed by atoms with Gasteiger partial charge >= 0.3 is 6.03 Å². The summed E-state index contributed by atoms with van der Waals surface area (Å²) in [5.41, 5.74) is 0.759. The Labute approximate surface area is 140 Å². The van der Waals surface area contributed by atoms with Crippen molar-refractivity contribution in [1.29, 1.82) is 0 Å². The Kier molecular flexibility index (Phi) is 4.78. The Hall–Kier alpha value is -1.72. The van der Waals surface area contributed by atoms with Crippen LogP contribution >= 0.6 is 11.6 Å². The van der Waals surface area contributed by atoms with E-state index in [0.717, 1.165) is 23.8 Å². The van der Waals surface area contributed by atoms with Crippen LogP contribution in [0.15, 0.2) is 28.7 Å². The number of benzene rings is 1. The van der Waals surface area contributed by atoms with Gasteiger partial charge in [0.2, 0.25) is 0 Å². The minimum Gasteiger partial charge on any atom is -0.459 e. The molecule has 0 saturated carbocycles. The smallest absolute Gasteiger partial charge is 0.317 e. The molecule has 1 aliphatic rings. The number of furan rings is 1. The molecule has 1 unspecified atom stereocenters. The first-order valence-electron chi connectivity index (χ1n) is 7.92. The number of hydrogen-bond acceptors (Lipinski definition) is 3. The van der Waals surface area contributed by atoms with Gasteiger partial charge in [0, 0.05) is 30.1 Å². The number of aliphatic hydroxyl groups excluding tert-OH is 1. The summed E-state index contributed by atoms with van der Waals surface area (Å²) in [7, 11) is 0. The second-order valence-corrected chi connectivity index (χ2v) is 6.55. The molecule has 0 radical (unpaired) electrons. The first-order chi connectivity index (χ1) is 11.1. The van der Waals surface area contributed by atoms with Crippen molar-refractivity contribution in [2.75, 3.05) is 19.7 Å². The number of fused-ring (bicyclic) bond motifs is 1. The van der Waals surface area contributed by atoms with E-state index in [1.54, 1.807) is 11.0 Å². The van der Waals surface area contributed by atoms with Crippen molar-refractivity contribution in [3.05, 3.63) is 35.0 Å². The largest absolute Gasteiger partial charge is 0.459 e. The molecule has 1 aromatic carbocycles. The van der Waals surface area contributed by atoms with Crippen LogP contribution in [0.5, 0.6) is 0 Å². The van der Waals surface area contributed by atoms with Crippen molar-refractivity contribution in [1.82, 2.24) is 10.2 Å². The summed E-state index contributed by atoms with van der Waals surface area (Å²) in [4.78, 5) is 14.1. The molecule has 1 aliphatic heterocycles. The SMILES string of the molecule is CC(NC(=O)N1CCC(CO)CC1)c1cc2cc(Cl)ccc2o1. The van der Waals surface area contributed by atoms with Crippen LogP contribution in [0.4, 0.5) is 4.79 Å². The number of piperidine rings is 1. The fourth-order valence-electron chi connectivity index (χ4n) is 2.91. The van der Waals surface area contributed by atoms with Gasteiger partial charge in [0.1, 0.15) is 11.3 Å². The average Bonchev–Trinajstić information content (AvgIpc) is 2.98. The summed E-state index contributed by atoms with van der Waals surface area (Å²) >= 11 is 5.98. The number of nitrogens with zero attached hydrogens (tertiary/aromatic N) is 1. The molecule has 6 heteroatoms. The molecular formula is C17H21ClN2O3. The van der Waals surface area contributed by atoms with Gasteiger partial charge in [-0.2, -0.15) is 0 Å². The zero-order chi connectivity index (χ0) is 16.4. The summed E-state index contributed by atoms with van der Waals surface area (Å²) in [6.07, 6.45) is 1.70. The number of likely N-dealkylation sites (tertiary alicyclic amines) is 1. The maximum atomic E-state index is 12.3. The van der Waals surface area contributed by atoms with Crippen LogP contribution < -0.4 is 5.32 Å². The Morgan fingerprint density at radius 2 is 2.17 bits per heavy atom. The number of aliphatic hydroxyl groups is 1. The van der Waals surface area contributed by atoms with Crippen LogP contribution in [0.25, 0.3) is 11.0 Å². The molecule has 0 bridgehead atoms. The van der Waals surface area contributed by atoms with Crippen molar-refractivity contribution >= 4 is 28.6 Å². The number of halogens is 1. The molecule has 0 spiro atoms. The molecule has 1 atom stereocenters. The molecule has 23 heavy (non-hydrogen) atoms. The van der Waals surface area contributed by atoms with Crippen LogP contribution in [0, 0.1) is 5.92 Å². The number of rotatable bonds is 3. The maximum absolute atomic E-state index is 12.3. The molecule has 2 N–H and O–H groups in total. The zero-order valence-electron chi connectivity index (χ0n) is 13.1. The summed E-state index contributed by atoms with van der Waals surface area (Å²) in [5, 5.41) is 13.7. The van der Waals surface area contributed by atoms with Gasteiger partial charge in [0.15, 0.2) is 0 Å². The lowest BCUT2D eigenvalue weighted by Gasteiger charge is -2.31. The van der Waals surface area contributed by atoms with E-state index >= 15 is 0 Å². The lowest BCUT2D eigenvalue weighted by Crippen LogP contribution is -2.45. The lowest BCUT2D eigenvalue weighted by atomic mass is 9.98. The molecule has 0 aliphatic carbocycles. The molecule has 2 amide bonds. The monoisotopic (exact) mass is 336 g/mol. The highest BCUT2D eigenvalue weighted by atomic mass is 35.5. The van der Waals surface area contributed by atoms with Gasteiger partial charge in [0.05, 0.1) is 6.04 Å². The van der Waals surface area contributed by atoms with Crippen LogP contribution in [-0.4, -0.2) is 35.7 Å². The fraction of sp³-hybridized carbons (Fsp3) is 0.471. The number of carbonyl (C=O) groups is 1. The molecule has 1 aromatic heterocycles. The van der Waals surface area contributed by atoms with Crippen molar-refractivity contribution in [2.45, 2.75) is 25.8 Å². The van der Waals surface area contributed by atoms with E-state index < -0.39 is 0 Å². The fourth-order valence-corrected chi connectivity index (χ4v) is 3.09. The minimum absolute atomic E-state index is 0.0904. The normalized spacial score (nSPS) is 17.4. The maximum Gasteiger partial charge on any atom is 0.317 e. The van der Waals surface area contributed by atoms with Crippen LogP contribution in [0.1, 0.15) is 31.6 Å². The summed E-state index contributed by atoms with van der Waals surface area (Å²) in [5.74, 6) is 1.03. The van der Waals surface area contributed by atoms with Gasteiger partial charge in [0.25, 0.3) is 0 Å². The highest BCUT2D eigenvalue weighted by Gasteiger charge is 2.24. The van der Waals surface area contributed by atoms with Gasteiger partial charge in [-0.25, -0.2) is 4.79 Å². The third-order valence-electron chi connectivity index (χ3n) is 4.42. The molecule has 1 fully saturated rings. The molecule has 124 valence electrons. The van der Waals surface area contributed by atoms with Crippen molar-refractivity contribution in [2.24, 2.45) is 5.92 Å². The molecular weight excluding hydrogens is 316 g/mol. The quantitative estimate of drug-likeness (QED) is 0.900. The summed E-state index contributed by atoms with van der Waals surface area (Å²) in [6, 6.07) is 7.06. The zero-order valence-corrected chi connectivity index (χ0v) is 13.8. The molecule has 1 saturated heterocycles. The molecule has 2 aromatic rings. The molecule has 2 heterocycles. The lowest BCUT2D eigenvalue weighted by molar-refractivity contribution is 0.135. The second-order valence-electron chi connectivity index (χ2n) is 6.12. The third kappa shape index (κ3) is 3.62. The number of nitrogens with one attached hydrogen (secondary N) is 1.